The summed E-state index contributed by atoms with van der Waals surface area (Å²) in [6.07, 6.45) is 0. The van der Waals surface area contributed by atoms with Crippen LogP contribution in [0.15, 0.2) is 40.6 Å². The van der Waals surface area contributed by atoms with Gasteiger partial charge in [0.1, 0.15) is 28.6 Å². The minimum atomic E-state index is -1.52. The molecule has 1 atom stereocenters. The molecule has 33 heavy (non-hydrogen) atoms. The van der Waals surface area contributed by atoms with Gasteiger partial charge in [-0.25, -0.2) is 4.42 Å². The number of amides is 1. The first-order valence-corrected chi connectivity index (χ1v) is 10.7. The van der Waals surface area contributed by atoms with Crippen molar-refractivity contribution in [2.45, 2.75) is 26.8 Å². The van der Waals surface area contributed by atoms with Gasteiger partial charge in [0.15, 0.2) is 11.5 Å². The van der Waals surface area contributed by atoms with Gasteiger partial charge < -0.3 is 18.9 Å². The van der Waals surface area contributed by atoms with Crippen LogP contribution in [0.2, 0.25) is 5.02 Å². The molecule has 0 aromatic heterocycles. The van der Waals surface area contributed by atoms with Gasteiger partial charge in [0.2, 0.25) is 6.04 Å². The fraction of sp³-hybridized carbons (Fsp3) is 0.364. The van der Waals surface area contributed by atoms with Gasteiger partial charge in [-0.1, -0.05) is 11.6 Å². The number of nitrogens with zero attached hydrogens (tertiary/aromatic N) is 3. The molecule has 2 rings (SSSR count). The fourth-order valence-corrected chi connectivity index (χ4v) is 3.22. The smallest absolute Gasteiger partial charge is 0.276 e. The van der Waals surface area contributed by atoms with Crippen LogP contribution >= 0.6 is 23.4 Å². The molecule has 0 radical (unpaired) electrons. The van der Waals surface area contributed by atoms with Gasteiger partial charge >= 0.3 is 0 Å². The van der Waals surface area contributed by atoms with Crippen LogP contribution in [-0.4, -0.2) is 45.2 Å². The molecule has 0 aliphatic heterocycles. The van der Waals surface area contributed by atoms with Crippen LogP contribution in [0.1, 0.15) is 20.8 Å². The highest BCUT2D eigenvalue weighted by Gasteiger charge is 2.31. The minimum Gasteiger partial charge on any atom is -0.497 e. The molecule has 0 N–H and O–H groups in total. The maximum Gasteiger partial charge on any atom is 0.276 e. The van der Waals surface area contributed by atoms with Crippen molar-refractivity contribution in [2.75, 3.05) is 31.9 Å². The molecule has 2 aromatic rings. The number of ether oxygens (including phenoxy) is 4. The summed E-state index contributed by atoms with van der Waals surface area (Å²) in [5.74, 6) is 0.173. The second-order valence-corrected chi connectivity index (χ2v) is 7.25. The topological polar surface area (TPSA) is 99.0 Å². The first-order chi connectivity index (χ1) is 15.8. The Balaban J connectivity index is 2.39. The molecule has 1 amide bonds. The number of Topliss-reactive ketones (excluding diaryl/α,β-unsaturated/α-hetero) is 1. The van der Waals surface area contributed by atoms with E-state index in [1.807, 2.05) is 6.92 Å². The number of azo groups is 1. The van der Waals surface area contributed by atoms with Gasteiger partial charge in [-0.3, -0.25) is 9.59 Å². The lowest BCUT2D eigenvalue weighted by molar-refractivity contribution is -0.126. The standard InChI is InChI=1S/C22H25Cl2N3O6/c1-6-32-14-8-9-17(18(11-14)33-7-2)27(24)22(29)20(13(3)28)25-26-21-16(23)10-15(30-4)12-19(21)31-5/h8-12,20H,6-7H2,1-5H3. The number of carbonyl (C=O) groups excluding carboxylic acids is 2. The average Bonchev–Trinajstić information content (AvgIpc) is 2.79. The quantitative estimate of drug-likeness (QED) is 0.234. The molecule has 178 valence electrons. The predicted molar refractivity (Wildman–Crippen MR) is 126 cm³/mol. The second kappa shape index (κ2) is 12.3. The maximum absolute atomic E-state index is 13.1. The first kappa shape index (κ1) is 26.2. The van der Waals surface area contributed by atoms with Crippen LogP contribution < -0.4 is 23.4 Å². The van der Waals surface area contributed by atoms with Gasteiger partial charge in [-0.2, -0.15) is 5.11 Å². The van der Waals surface area contributed by atoms with Crippen molar-refractivity contribution < 1.29 is 28.5 Å². The van der Waals surface area contributed by atoms with E-state index in [2.05, 4.69) is 10.2 Å². The Labute approximate surface area is 202 Å². The van der Waals surface area contributed by atoms with E-state index in [9.17, 15) is 9.59 Å². The third-order valence-electron chi connectivity index (χ3n) is 4.30. The monoisotopic (exact) mass is 497 g/mol. The molecule has 2 aromatic carbocycles. The zero-order valence-corrected chi connectivity index (χ0v) is 20.4. The third kappa shape index (κ3) is 6.49. The van der Waals surface area contributed by atoms with Crippen LogP contribution in [-0.2, 0) is 9.59 Å². The highest BCUT2D eigenvalue weighted by molar-refractivity contribution is 6.39. The van der Waals surface area contributed by atoms with Gasteiger partial charge in [-0.15, -0.1) is 5.11 Å². The van der Waals surface area contributed by atoms with Crippen molar-refractivity contribution in [1.82, 2.24) is 0 Å². The third-order valence-corrected chi connectivity index (χ3v) is 4.93. The normalized spacial score (nSPS) is 11.7. The Morgan fingerprint density at radius 3 is 2.24 bits per heavy atom. The Kier molecular flexibility index (Phi) is 9.74. The Morgan fingerprint density at radius 2 is 1.67 bits per heavy atom. The van der Waals surface area contributed by atoms with Crippen LogP contribution in [0.5, 0.6) is 23.0 Å². The number of rotatable bonds is 11. The van der Waals surface area contributed by atoms with Crippen molar-refractivity contribution >= 4 is 46.4 Å². The molecular formula is C22H25Cl2N3O6. The molecular weight excluding hydrogens is 473 g/mol. The van der Waals surface area contributed by atoms with Crippen molar-refractivity contribution in [3.05, 3.63) is 35.4 Å². The highest BCUT2D eigenvalue weighted by atomic mass is 35.5. The number of halogens is 2. The summed E-state index contributed by atoms with van der Waals surface area (Å²) < 4.78 is 22.2. The highest BCUT2D eigenvalue weighted by Crippen LogP contribution is 2.40. The number of anilines is 1. The van der Waals surface area contributed by atoms with E-state index in [1.54, 1.807) is 31.2 Å². The SMILES string of the molecule is CCOc1ccc(N(Cl)C(=O)C(N=Nc2c(Cl)cc(OC)cc2OC)C(C)=O)c(OCC)c1. The van der Waals surface area contributed by atoms with E-state index >= 15 is 0 Å². The lowest BCUT2D eigenvalue weighted by Gasteiger charge is -2.20. The van der Waals surface area contributed by atoms with E-state index in [-0.39, 0.29) is 22.1 Å². The summed E-state index contributed by atoms with van der Waals surface area (Å²) in [6, 6.07) is 6.33. The van der Waals surface area contributed by atoms with Crippen molar-refractivity contribution in [2.24, 2.45) is 10.2 Å². The van der Waals surface area contributed by atoms with E-state index < -0.39 is 17.7 Å². The summed E-state index contributed by atoms with van der Waals surface area (Å²) in [6.45, 7) is 5.63. The Morgan fingerprint density at radius 1 is 1.00 bits per heavy atom. The summed E-state index contributed by atoms with van der Waals surface area (Å²) in [7, 11) is 2.89. The number of hydrogen-bond donors (Lipinski definition) is 0. The molecule has 0 aliphatic carbocycles. The lowest BCUT2D eigenvalue weighted by atomic mass is 10.2. The van der Waals surface area contributed by atoms with E-state index in [0.717, 1.165) is 4.42 Å². The van der Waals surface area contributed by atoms with Crippen LogP contribution in [0.3, 0.4) is 0 Å². The fourth-order valence-electron chi connectivity index (χ4n) is 2.75. The van der Waals surface area contributed by atoms with E-state index in [1.165, 1.54) is 27.2 Å². The summed E-state index contributed by atoms with van der Waals surface area (Å²) in [4.78, 5) is 25.3. The first-order valence-electron chi connectivity index (χ1n) is 9.99. The minimum absolute atomic E-state index is 0.135. The molecule has 11 heteroatoms. The zero-order valence-electron chi connectivity index (χ0n) is 18.9. The summed E-state index contributed by atoms with van der Waals surface area (Å²) in [5, 5.41) is 8.08. The largest absolute Gasteiger partial charge is 0.497 e. The summed E-state index contributed by atoms with van der Waals surface area (Å²) >= 11 is 12.6. The number of carbonyl (C=O) groups is 2. The number of hydrogen-bond acceptors (Lipinski definition) is 8. The van der Waals surface area contributed by atoms with Crippen LogP contribution in [0.25, 0.3) is 0 Å². The van der Waals surface area contributed by atoms with Crippen molar-refractivity contribution in [3.8, 4) is 23.0 Å². The number of methoxy groups -OCH3 is 2. The van der Waals surface area contributed by atoms with Crippen molar-refractivity contribution in [1.29, 1.82) is 0 Å². The van der Waals surface area contributed by atoms with E-state index in [0.29, 0.717) is 30.5 Å². The van der Waals surface area contributed by atoms with Crippen LogP contribution in [0.4, 0.5) is 11.4 Å². The molecule has 0 saturated carbocycles. The predicted octanol–water partition coefficient (Wildman–Crippen LogP) is 5.38. The van der Waals surface area contributed by atoms with Gasteiger partial charge in [0, 0.05) is 30.0 Å². The molecule has 0 spiro atoms. The molecule has 1 unspecified atom stereocenters. The second-order valence-electron chi connectivity index (χ2n) is 6.50. The zero-order chi connectivity index (χ0) is 24.5. The molecule has 0 saturated heterocycles. The summed E-state index contributed by atoms with van der Waals surface area (Å²) in [5.41, 5.74) is 0.365. The lowest BCUT2D eigenvalue weighted by Crippen LogP contribution is -2.36. The number of benzene rings is 2. The molecule has 0 fully saturated rings. The van der Waals surface area contributed by atoms with Crippen LogP contribution in [0, 0.1) is 0 Å². The molecule has 9 nitrogen and oxygen atoms in total. The Hall–Kier alpha value is -3.04. The molecule has 0 heterocycles. The van der Waals surface area contributed by atoms with Gasteiger partial charge in [0.05, 0.1) is 32.5 Å². The average molecular weight is 498 g/mol. The molecule has 0 aliphatic rings. The van der Waals surface area contributed by atoms with E-state index in [4.69, 9.17) is 42.3 Å². The van der Waals surface area contributed by atoms with Crippen molar-refractivity contribution in [3.63, 3.8) is 0 Å². The number of ketones is 1. The molecule has 0 bridgehead atoms. The van der Waals surface area contributed by atoms with Gasteiger partial charge in [0.25, 0.3) is 5.91 Å². The van der Waals surface area contributed by atoms with Gasteiger partial charge in [-0.05, 0) is 32.9 Å². The maximum atomic E-state index is 13.1. The Bertz CT molecular complexity index is 1030.